The lowest BCUT2D eigenvalue weighted by Crippen LogP contribution is -2.31. The van der Waals surface area contributed by atoms with Crippen LogP contribution in [0.15, 0.2) is 176 Å². The van der Waals surface area contributed by atoms with Crippen molar-refractivity contribution in [1.29, 1.82) is 0 Å². The molecule has 5 heteroatoms. The number of nitrogens with zero attached hydrogens (tertiary/aromatic N) is 4. The number of pyridine rings is 1. The SMILES string of the molecule is CC(C)C(C)c1ccnc(-n2c3ccccc3c3ccc(Oc4cccc(-n5[c-][n+](-c6c(-c7ccccc7)cccc6-c6cc(C(C)(C)C)cc(C(C)(C)C)c6)c6ccccc65)c4)cc32)c1. The smallest absolute Gasteiger partial charge is 0.269 e. The number of hydrogen-bond acceptors (Lipinski definition) is 2. The number of imidazole rings is 1. The highest BCUT2D eigenvalue weighted by Gasteiger charge is 2.25. The molecule has 328 valence electrons. The standard InChI is InChI=1S/C61H58N4O/c1-40(2)41(3)43-31-32-62-58(35-43)65-54-26-14-13-23-52(54)53-30-29-49(38-57(53)65)66-48-22-17-21-47(37-48)63-39-64(56-28-16-15-27-55(56)63)59-50(42-19-11-10-12-20-42)24-18-25-51(59)44-33-45(60(4,5)6)36-46(34-44)61(7,8)9/h10-38,40-41H,1-9H3. The quantitative estimate of drug-likeness (QED) is 0.107. The molecule has 7 aromatic carbocycles. The van der Waals surface area contributed by atoms with Crippen LogP contribution in [-0.4, -0.2) is 14.1 Å². The molecule has 0 aliphatic heterocycles. The Morgan fingerprint density at radius 2 is 1.18 bits per heavy atom. The van der Waals surface area contributed by atoms with Crippen LogP contribution in [0.4, 0.5) is 0 Å². The van der Waals surface area contributed by atoms with Crippen molar-refractivity contribution in [1.82, 2.24) is 14.1 Å². The Bertz CT molecular complexity index is 3380. The topological polar surface area (TPSA) is 35.9 Å². The zero-order valence-electron chi connectivity index (χ0n) is 39.6. The first-order valence-corrected chi connectivity index (χ1v) is 23.3. The maximum Gasteiger partial charge on any atom is 0.269 e. The van der Waals surface area contributed by atoms with Crippen LogP contribution in [0, 0.1) is 12.2 Å². The molecule has 0 radical (unpaired) electrons. The fourth-order valence-electron chi connectivity index (χ4n) is 9.24. The summed E-state index contributed by atoms with van der Waals surface area (Å²) in [5.74, 6) is 3.31. The Hall–Kier alpha value is -7.24. The molecule has 0 N–H and O–H groups in total. The largest absolute Gasteiger partial charge is 0.458 e. The first-order valence-electron chi connectivity index (χ1n) is 23.3. The summed E-state index contributed by atoms with van der Waals surface area (Å²) in [7, 11) is 0. The number of fused-ring (bicyclic) bond motifs is 4. The van der Waals surface area contributed by atoms with Gasteiger partial charge in [0, 0.05) is 23.0 Å². The van der Waals surface area contributed by atoms with E-state index in [1.165, 1.54) is 27.6 Å². The Labute approximate surface area is 389 Å². The molecule has 0 amide bonds. The first kappa shape index (κ1) is 42.7. The molecule has 10 rings (SSSR count). The van der Waals surface area contributed by atoms with Gasteiger partial charge in [-0.3, -0.25) is 13.7 Å². The average Bonchev–Trinajstić information content (AvgIpc) is 3.87. The van der Waals surface area contributed by atoms with E-state index in [-0.39, 0.29) is 10.8 Å². The molecule has 1 unspecified atom stereocenters. The lowest BCUT2D eigenvalue weighted by atomic mass is 9.78. The van der Waals surface area contributed by atoms with Gasteiger partial charge in [-0.1, -0.05) is 178 Å². The molecule has 0 spiro atoms. The van der Waals surface area contributed by atoms with Crippen molar-refractivity contribution in [3.05, 3.63) is 199 Å². The fourth-order valence-corrected chi connectivity index (χ4v) is 9.24. The monoisotopic (exact) mass is 862 g/mol. The zero-order chi connectivity index (χ0) is 45.9. The van der Waals surface area contributed by atoms with Crippen LogP contribution < -0.4 is 9.30 Å². The van der Waals surface area contributed by atoms with Gasteiger partial charge in [0.2, 0.25) is 0 Å². The minimum atomic E-state index is -0.0328. The number of benzene rings is 7. The second kappa shape index (κ2) is 16.6. The zero-order valence-corrected chi connectivity index (χ0v) is 39.6. The summed E-state index contributed by atoms with van der Waals surface area (Å²) in [6, 6.07) is 60.9. The van der Waals surface area contributed by atoms with Crippen molar-refractivity contribution >= 4 is 32.8 Å². The predicted octanol–water partition coefficient (Wildman–Crippen LogP) is 15.7. The van der Waals surface area contributed by atoms with E-state index < -0.39 is 0 Å². The summed E-state index contributed by atoms with van der Waals surface area (Å²) < 4.78 is 13.5. The van der Waals surface area contributed by atoms with Crippen LogP contribution in [0.2, 0.25) is 0 Å². The van der Waals surface area contributed by atoms with Gasteiger partial charge in [-0.25, -0.2) is 4.98 Å². The van der Waals surface area contributed by atoms with Crippen LogP contribution >= 0.6 is 0 Å². The van der Waals surface area contributed by atoms with Crippen LogP contribution in [0.1, 0.15) is 84.9 Å². The minimum absolute atomic E-state index is 0.0328. The van der Waals surface area contributed by atoms with Gasteiger partial charge in [-0.15, -0.1) is 0 Å². The summed E-state index contributed by atoms with van der Waals surface area (Å²) in [5, 5.41) is 2.34. The Morgan fingerprint density at radius 3 is 1.91 bits per heavy atom. The molecule has 0 aliphatic carbocycles. The van der Waals surface area contributed by atoms with Gasteiger partial charge in [0.15, 0.2) is 0 Å². The van der Waals surface area contributed by atoms with E-state index in [2.05, 4.69) is 246 Å². The maximum absolute atomic E-state index is 6.80. The molecule has 0 fully saturated rings. The van der Waals surface area contributed by atoms with E-state index in [4.69, 9.17) is 9.72 Å². The second-order valence-corrected chi connectivity index (χ2v) is 20.2. The molecule has 0 saturated carbocycles. The van der Waals surface area contributed by atoms with Crippen molar-refractivity contribution in [2.75, 3.05) is 0 Å². The van der Waals surface area contributed by atoms with Crippen molar-refractivity contribution in [3.8, 4) is 50.9 Å². The maximum atomic E-state index is 6.80. The lowest BCUT2D eigenvalue weighted by Gasteiger charge is -2.27. The second-order valence-electron chi connectivity index (χ2n) is 20.2. The molecule has 3 aromatic heterocycles. The van der Waals surface area contributed by atoms with Crippen molar-refractivity contribution in [2.45, 2.75) is 79.1 Å². The normalized spacial score (nSPS) is 12.7. The summed E-state index contributed by atoms with van der Waals surface area (Å²) in [6.07, 6.45) is 5.82. The molecule has 0 saturated heterocycles. The highest BCUT2D eigenvalue weighted by atomic mass is 16.5. The van der Waals surface area contributed by atoms with Gasteiger partial charge in [0.25, 0.3) is 6.33 Å². The predicted molar refractivity (Wildman–Crippen MR) is 274 cm³/mol. The van der Waals surface area contributed by atoms with Gasteiger partial charge in [0.05, 0.1) is 33.4 Å². The van der Waals surface area contributed by atoms with E-state index in [9.17, 15) is 0 Å². The summed E-state index contributed by atoms with van der Waals surface area (Å²) in [6.45, 7) is 20.7. The number of hydrogen-bond donors (Lipinski definition) is 0. The van der Waals surface area contributed by atoms with E-state index in [1.54, 1.807) is 0 Å². The highest BCUT2D eigenvalue weighted by Crippen LogP contribution is 2.40. The van der Waals surface area contributed by atoms with Crippen LogP contribution in [0.5, 0.6) is 11.5 Å². The molecular formula is C61H58N4O. The molecule has 10 aromatic rings. The number of ether oxygens (including phenoxy) is 1. The third-order valence-electron chi connectivity index (χ3n) is 13.4. The number of rotatable bonds is 9. The molecule has 0 aliphatic rings. The minimum Gasteiger partial charge on any atom is -0.458 e. The van der Waals surface area contributed by atoms with Crippen LogP contribution in [0.3, 0.4) is 0 Å². The van der Waals surface area contributed by atoms with E-state index in [1.807, 2.05) is 12.3 Å². The fraction of sp³-hybridized carbons (Fsp3) is 0.213. The highest BCUT2D eigenvalue weighted by molar-refractivity contribution is 6.09. The molecular weight excluding hydrogens is 805 g/mol. The Balaban J connectivity index is 1.10. The van der Waals surface area contributed by atoms with Gasteiger partial charge in [-0.05, 0) is 110 Å². The molecule has 3 heterocycles. The van der Waals surface area contributed by atoms with Crippen molar-refractivity contribution in [2.24, 2.45) is 5.92 Å². The molecule has 66 heavy (non-hydrogen) atoms. The Kier molecular flexibility index (Phi) is 10.8. The van der Waals surface area contributed by atoms with Gasteiger partial charge in [0.1, 0.15) is 17.3 Å². The van der Waals surface area contributed by atoms with E-state index in [0.717, 1.165) is 72.8 Å². The number of aromatic nitrogens is 4. The number of para-hydroxylation sites is 4. The molecule has 1 atom stereocenters. The summed E-state index contributed by atoms with van der Waals surface area (Å²) in [5.41, 5.74) is 14.8. The summed E-state index contributed by atoms with van der Waals surface area (Å²) >= 11 is 0. The third-order valence-corrected chi connectivity index (χ3v) is 13.4. The first-order chi connectivity index (χ1) is 31.7. The average molecular weight is 863 g/mol. The van der Waals surface area contributed by atoms with E-state index in [0.29, 0.717) is 11.8 Å². The van der Waals surface area contributed by atoms with Gasteiger partial charge >= 0.3 is 0 Å². The lowest BCUT2D eigenvalue weighted by molar-refractivity contribution is -0.571. The Morgan fingerprint density at radius 1 is 0.545 bits per heavy atom. The van der Waals surface area contributed by atoms with Gasteiger partial charge in [-0.2, -0.15) is 0 Å². The van der Waals surface area contributed by atoms with Crippen molar-refractivity contribution < 1.29 is 9.30 Å². The van der Waals surface area contributed by atoms with Crippen LogP contribution in [0.25, 0.3) is 72.3 Å². The van der Waals surface area contributed by atoms with E-state index >= 15 is 0 Å². The molecule has 0 bridgehead atoms. The van der Waals surface area contributed by atoms with Crippen LogP contribution in [-0.2, 0) is 10.8 Å². The summed E-state index contributed by atoms with van der Waals surface area (Å²) in [4.78, 5) is 4.92. The van der Waals surface area contributed by atoms with Crippen molar-refractivity contribution in [3.63, 3.8) is 0 Å². The molecule has 5 nitrogen and oxygen atoms in total. The third kappa shape index (κ3) is 7.87. The van der Waals surface area contributed by atoms with Gasteiger partial charge < -0.3 is 4.74 Å².